The Kier molecular flexibility index (Phi) is 5.28. The number of nitrogens with one attached hydrogen (secondary N) is 1. The number of aryl methyl sites for hydroxylation is 1. The van der Waals surface area contributed by atoms with E-state index >= 15 is 0 Å². The standard InChI is InChI=1S/C19H24N4O2/c1-13-10-16(22-18(21-13)17-8-5-9-23(17)2)19(24)20-12-14-6-4-7-15(11-14)25-3/h4,6-7,10-11,17H,5,8-9,12H2,1-3H3,(H,20,24). The molecule has 3 rings (SSSR count). The number of benzene rings is 1. The zero-order chi connectivity index (χ0) is 17.8. The normalized spacial score (nSPS) is 17.5. The second-order valence-electron chi connectivity index (χ2n) is 6.43. The van der Waals surface area contributed by atoms with Crippen molar-refractivity contribution in [3.63, 3.8) is 0 Å². The number of hydrogen-bond acceptors (Lipinski definition) is 5. The average Bonchev–Trinajstić information content (AvgIpc) is 3.05. The molecule has 0 aliphatic carbocycles. The van der Waals surface area contributed by atoms with Gasteiger partial charge in [0, 0.05) is 12.2 Å². The van der Waals surface area contributed by atoms with E-state index in [1.165, 1.54) is 0 Å². The van der Waals surface area contributed by atoms with E-state index in [9.17, 15) is 4.79 Å². The van der Waals surface area contributed by atoms with Gasteiger partial charge in [-0.25, -0.2) is 9.97 Å². The molecular formula is C19H24N4O2. The first-order valence-electron chi connectivity index (χ1n) is 8.54. The molecule has 132 valence electrons. The van der Waals surface area contributed by atoms with Gasteiger partial charge in [0.15, 0.2) is 0 Å². The Morgan fingerprint density at radius 3 is 2.92 bits per heavy atom. The molecule has 2 aromatic rings. The van der Waals surface area contributed by atoms with Gasteiger partial charge in [0.2, 0.25) is 0 Å². The number of aromatic nitrogens is 2. The second kappa shape index (κ2) is 7.61. The molecule has 1 fully saturated rings. The highest BCUT2D eigenvalue weighted by Gasteiger charge is 2.26. The van der Waals surface area contributed by atoms with E-state index < -0.39 is 0 Å². The first kappa shape index (κ1) is 17.4. The number of rotatable bonds is 5. The molecule has 0 radical (unpaired) electrons. The number of amides is 1. The Morgan fingerprint density at radius 2 is 2.20 bits per heavy atom. The molecule has 0 spiro atoms. The minimum absolute atomic E-state index is 0.185. The molecule has 25 heavy (non-hydrogen) atoms. The Labute approximate surface area is 148 Å². The van der Waals surface area contributed by atoms with Gasteiger partial charge >= 0.3 is 0 Å². The lowest BCUT2D eigenvalue weighted by atomic mass is 10.2. The quantitative estimate of drug-likeness (QED) is 0.906. The van der Waals surface area contributed by atoms with Crippen LogP contribution in [0.25, 0.3) is 0 Å². The summed E-state index contributed by atoms with van der Waals surface area (Å²) in [6.07, 6.45) is 2.17. The molecule has 1 unspecified atom stereocenters. The zero-order valence-electron chi connectivity index (χ0n) is 15.0. The van der Waals surface area contributed by atoms with Crippen molar-refractivity contribution in [3.8, 4) is 5.75 Å². The molecule has 6 heteroatoms. The van der Waals surface area contributed by atoms with Crippen molar-refractivity contribution in [2.75, 3.05) is 20.7 Å². The van der Waals surface area contributed by atoms with Crippen LogP contribution in [0.3, 0.4) is 0 Å². The van der Waals surface area contributed by atoms with Gasteiger partial charge in [-0.3, -0.25) is 9.69 Å². The van der Waals surface area contributed by atoms with Crippen molar-refractivity contribution in [1.29, 1.82) is 0 Å². The van der Waals surface area contributed by atoms with E-state index in [0.717, 1.165) is 42.2 Å². The highest BCUT2D eigenvalue weighted by atomic mass is 16.5. The zero-order valence-corrected chi connectivity index (χ0v) is 15.0. The fourth-order valence-electron chi connectivity index (χ4n) is 3.15. The maximum absolute atomic E-state index is 12.5. The molecule has 1 aromatic heterocycles. The SMILES string of the molecule is COc1cccc(CNC(=O)c2cc(C)nc(C3CCCN3C)n2)c1. The molecular weight excluding hydrogens is 316 g/mol. The van der Waals surface area contributed by atoms with Crippen LogP contribution in [0, 0.1) is 6.92 Å². The average molecular weight is 340 g/mol. The molecule has 1 atom stereocenters. The number of likely N-dealkylation sites (tertiary alicyclic amines) is 1. The number of nitrogens with zero attached hydrogens (tertiary/aromatic N) is 3. The van der Waals surface area contributed by atoms with Crippen molar-refractivity contribution < 1.29 is 9.53 Å². The molecule has 2 heterocycles. The van der Waals surface area contributed by atoms with E-state index in [4.69, 9.17) is 4.74 Å². The first-order chi connectivity index (χ1) is 12.1. The maximum atomic E-state index is 12.5. The van der Waals surface area contributed by atoms with Crippen LogP contribution in [0.2, 0.25) is 0 Å². The van der Waals surface area contributed by atoms with Crippen LogP contribution in [0.1, 0.15) is 46.5 Å². The number of carbonyl (C=O) groups excluding carboxylic acids is 1. The van der Waals surface area contributed by atoms with Crippen LogP contribution in [0.15, 0.2) is 30.3 Å². The number of carbonyl (C=O) groups is 1. The van der Waals surface area contributed by atoms with Crippen LogP contribution >= 0.6 is 0 Å². The number of methoxy groups -OCH3 is 1. The molecule has 0 bridgehead atoms. The highest BCUT2D eigenvalue weighted by Crippen LogP contribution is 2.28. The molecule has 1 N–H and O–H groups in total. The van der Waals surface area contributed by atoms with E-state index in [2.05, 4.69) is 27.2 Å². The number of hydrogen-bond donors (Lipinski definition) is 1. The van der Waals surface area contributed by atoms with Crippen molar-refractivity contribution in [2.24, 2.45) is 0 Å². The van der Waals surface area contributed by atoms with Crippen molar-refractivity contribution in [1.82, 2.24) is 20.2 Å². The summed E-state index contributed by atoms with van der Waals surface area (Å²) in [6, 6.07) is 9.58. The fourth-order valence-corrected chi connectivity index (χ4v) is 3.15. The lowest BCUT2D eigenvalue weighted by Crippen LogP contribution is -2.26. The summed E-state index contributed by atoms with van der Waals surface area (Å²) in [5.41, 5.74) is 2.22. The van der Waals surface area contributed by atoms with Gasteiger partial charge in [0.25, 0.3) is 5.91 Å². The summed E-state index contributed by atoms with van der Waals surface area (Å²) in [7, 11) is 3.70. The third-order valence-electron chi connectivity index (χ3n) is 4.51. The maximum Gasteiger partial charge on any atom is 0.270 e. The third-order valence-corrected chi connectivity index (χ3v) is 4.51. The summed E-state index contributed by atoms with van der Waals surface area (Å²) in [4.78, 5) is 23.8. The molecule has 0 saturated carbocycles. The van der Waals surface area contributed by atoms with E-state index in [-0.39, 0.29) is 11.9 Å². The number of ether oxygens (including phenoxy) is 1. The predicted octanol–water partition coefficient (Wildman–Crippen LogP) is 2.49. The fraction of sp³-hybridized carbons (Fsp3) is 0.421. The summed E-state index contributed by atoms with van der Waals surface area (Å²) in [6.45, 7) is 3.37. The largest absolute Gasteiger partial charge is 0.497 e. The lowest BCUT2D eigenvalue weighted by molar-refractivity contribution is 0.0944. The minimum atomic E-state index is -0.185. The highest BCUT2D eigenvalue weighted by molar-refractivity contribution is 5.92. The first-order valence-corrected chi connectivity index (χ1v) is 8.54. The summed E-state index contributed by atoms with van der Waals surface area (Å²) < 4.78 is 5.21. The smallest absolute Gasteiger partial charge is 0.270 e. The van der Waals surface area contributed by atoms with Gasteiger partial charge in [-0.2, -0.15) is 0 Å². The summed E-state index contributed by atoms with van der Waals surface area (Å²) in [5, 5.41) is 2.92. The lowest BCUT2D eigenvalue weighted by Gasteiger charge is -2.18. The minimum Gasteiger partial charge on any atom is -0.497 e. The van der Waals surface area contributed by atoms with Gasteiger partial charge < -0.3 is 10.1 Å². The van der Waals surface area contributed by atoms with E-state index in [1.807, 2.05) is 31.2 Å². The van der Waals surface area contributed by atoms with Crippen molar-refractivity contribution in [2.45, 2.75) is 32.4 Å². The van der Waals surface area contributed by atoms with Gasteiger partial charge in [0.1, 0.15) is 17.3 Å². The van der Waals surface area contributed by atoms with E-state index in [0.29, 0.717) is 12.2 Å². The molecule has 1 aliphatic heterocycles. The molecule has 6 nitrogen and oxygen atoms in total. The van der Waals surface area contributed by atoms with E-state index in [1.54, 1.807) is 13.2 Å². The van der Waals surface area contributed by atoms with Crippen molar-refractivity contribution >= 4 is 5.91 Å². The molecule has 1 saturated heterocycles. The Balaban J connectivity index is 1.72. The van der Waals surface area contributed by atoms with Gasteiger partial charge in [0.05, 0.1) is 13.2 Å². The summed E-state index contributed by atoms with van der Waals surface area (Å²) in [5.74, 6) is 1.33. The second-order valence-corrected chi connectivity index (χ2v) is 6.43. The monoisotopic (exact) mass is 340 g/mol. The molecule has 1 aromatic carbocycles. The summed E-state index contributed by atoms with van der Waals surface area (Å²) >= 11 is 0. The predicted molar refractivity (Wildman–Crippen MR) is 95.5 cm³/mol. The van der Waals surface area contributed by atoms with Crippen LogP contribution < -0.4 is 10.1 Å². The van der Waals surface area contributed by atoms with Crippen LogP contribution in [-0.2, 0) is 6.54 Å². The van der Waals surface area contributed by atoms with Gasteiger partial charge in [-0.15, -0.1) is 0 Å². The van der Waals surface area contributed by atoms with Crippen LogP contribution in [0.4, 0.5) is 0 Å². The van der Waals surface area contributed by atoms with Gasteiger partial charge in [-0.1, -0.05) is 12.1 Å². The Hall–Kier alpha value is -2.47. The Morgan fingerprint density at radius 1 is 1.36 bits per heavy atom. The third kappa shape index (κ3) is 4.14. The van der Waals surface area contributed by atoms with Crippen LogP contribution in [-0.4, -0.2) is 41.5 Å². The Bertz CT molecular complexity index is 763. The van der Waals surface area contributed by atoms with Crippen LogP contribution in [0.5, 0.6) is 5.75 Å². The van der Waals surface area contributed by atoms with Crippen molar-refractivity contribution in [3.05, 3.63) is 53.1 Å². The molecule has 1 aliphatic rings. The van der Waals surface area contributed by atoms with Gasteiger partial charge in [-0.05, 0) is 57.1 Å². The molecule has 1 amide bonds. The topological polar surface area (TPSA) is 67.3 Å².